The largest absolute Gasteiger partial charge is 0.480 e. The minimum Gasteiger partial charge on any atom is -0.480 e. The lowest BCUT2D eigenvalue weighted by Gasteiger charge is -2.38. The van der Waals surface area contributed by atoms with Crippen LogP contribution in [0.25, 0.3) is 0 Å². The second kappa shape index (κ2) is 6.27. The van der Waals surface area contributed by atoms with Gasteiger partial charge in [0.15, 0.2) is 0 Å². The molecule has 1 heterocycles. The molecule has 0 bridgehead atoms. The minimum absolute atomic E-state index is 0.300. The Morgan fingerprint density at radius 1 is 1.59 bits per heavy atom. The van der Waals surface area contributed by atoms with E-state index >= 15 is 0 Å². The van der Waals surface area contributed by atoms with Crippen molar-refractivity contribution in [2.45, 2.75) is 43.4 Å². The van der Waals surface area contributed by atoms with Gasteiger partial charge in [0.1, 0.15) is 10.8 Å². The lowest BCUT2D eigenvalue weighted by atomic mass is 9.95. The summed E-state index contributed by atoms with van der Waals surface area (Å²) in [6.45, 7) is 3.43. The normalized spacial score (nSPS) is 21.7. The molecular weight excluding hydrogens is 236 g/mol. The molecule has 1 saturated heterocycles. The SMILES string of the molecule is CCCC(C(=O)O)N1CCC(C#N)(SC)CC1. The van der Waals surface area contributed by atoms with Crippen molar-refractivity contribution in [3.8, 4) is 6.07 Å². The molecule has 0 aliphatic carbocycles. The summed E-state index contributed by atoms with van der Waals surface area (Å²) >= 11 is 1.59. The molecule has 17 heavy (non-hydrogen) atoms. The number of carboxylic acids is 1. The van der Waals surface area contributed by atoms with Gasteiger partial charge in [-0.05, 0) is 25.5 Å². The fraction of sp³-hybridized carbons (Fsp3) is 0.833. The lowest BCUT2D eigenvalue weighted by Crippen LogP contribution is -2.49. The number of likely N-dealkylation sites (tertiary alicyclic amines) is 1. The van der Waals surface area contributed by atoms with E-state index in [1.807, 2.05) is 18.1 Å². The van der Waals surface area contributed by atoms with Crippen molar-refractivity contribution in [1.82, 2.24) is 4.90 Å². The minimum atomic E-state index is -0.736. The average molecular weight is 256 g/mol. The fourth-order valence-corrected chi connectivity index (χ4v) is 2.98. The molecule has 5 heteroatoms. The summed E-state index contributed by atoms with van der Waals surface area (Å²) in [7, 11) is 0. The standard InChI is InChI=1S/C12H20N2O2S/c1-3-4-10(11(15)16)14-7-5-12(9-13,17-2)6-8-14/h10H,3-8H2,1-2H3,(H,15,16). The van der Waals surface area contributed by atoms with E-state index in [0.29, 0.717) is 19.5 Å². The van der Waals surface area contributed by atoms with Gasteiger partial charge in [-0.2, -0.15) is 5.26 Å². The van der Waals surface area contributed by atoms with Crippen LogP contribution in [-0.4, -0.2) is 46.1 Å². The Morgan fingerprint density at radius 3 is 2.53 bits per heavy atom. The molecule has 1 N–H and O–H groups in total. The highest BCUT2D eigenvalue weighted by atomic mass is 32.2. The summed E-state index contributed by atoms with van der Waals surface area (Å²) in [5, 5.41) is 18.4. The maximum Gasteiger partial charge on any atom is 0.320 e. The third-order valence-corrected chi connectivity index (χ3v) is 4.77. The molecule has 0 saturated carbocycles. The molecule has 1 atom stereocenters. The van der Waals surface area contributed by atoms with E-state index in [9.17, 15) is 15.2 Å². The predicted molar refractivity (Wildman–Crippen MR) is 69.0 cm³/mol. The third kappa shape index (κ3) is 3.36. The number of nitrogens with zero attached hydrogens (tertiary/aromatic N) is 2. The zero-order chi connectivity index (χ0) is 12.9. The second-order valence-electron chi connectivity index (χ2n) is 4.49. The quantitative estimate of drug-likeness (QED) is 0.814. The molecule has 0 spiro atoms. The van der Waals surface area contributed by atoms with Gasteiger partial charge in [0.2, 0.25) is 0 Å². The molecule has 1 aliphatic rings. The van der Waals surface area contributed by atoms with Gasteiger partial charge in [0, 0.05) is 13.1 Å². The fourth-order valence-electron chi connectivity index (χ4n) is 2.29. The molecule has 96 valence electrons. The molecule has 1 fully saturated rings. The van der Waals surface area contributed by atoms with Crippen molar-refractivity contribution in [2.75, 3.05) is 19.3 Å². The first-order valence-corrected chi connectivity index (χ1v) is 7.24. The third-order valence-electron chi connectivity index (χ3n) is 3.49. The molecule has 1 unspecified atom stereocenters. The van der Waals surface area contributed by atoms with Crippen LogP contribution in [0.2, 0.25) is 0 Å². The average Bonchev–Trinajstić information content (AvgIpc) is 2.36. The summed E-state index contributed by atoms with van der Waals surface area (Å²) in [5.74, 6) is -0.736. The molecule has 0 aromatic carbocycles. The number of rotatable bonds is 5. The smallest absolute Gasteiger partial charge is 0.320 e. The van der Waals surface area contributed by atoms with E-state index in [1.165, 1.54) is 0 Å². The van der Waals surface area contributed by atoms with Gasteiger partial charge in [-0.15, -0.1) is 11.8 Å². The Bertz CT molecular complexity index is 306. The monoisotopic (exact) mass is 256 g/mol. The van der Waals surface area contributed by atoms with Gasteiger partial charge in [-0.3, -0.25) is 9.69 Å². The Morgan fingerprint density at radius 2 is 2.18 bits per heavy atom. The Balaban J connectivity index is 2.61. The number of nitriles is 1. The van der Waals surface area contributed by atoms with Crippen LogP contribution in [0.5, 0.6) is 0 Å². The molecule has 0 radical (unpaired) electrons. The summed E-state index contributed by atoms with van der Waals surface area (Å²) < 4.78 is -0.300. The zero-order valence-electron chi connectivity index (χ0n) is 10.5. The number of thioether (sulfide) groups is 1. The molecule has 0 aromatic rings. The van der Waals surface area contributed by atoms with E-state index in [1.54, 1.807) is 11.8 Å². The Labute approximate surface area is 107 Å². The van der Waals surface area contributed by atoms with E-state index in [2.05, 4.69) is 6.07 Å². The Hall–Kier alpha value is -0.730. The van der Waals surface area contributed by atoms with Crippen LogP contribution in [0.15, 0.2) is 0 Å². The number of hydrogen-bond donors (Lipinski definition) is 1. The second-order valence-corrected chi connectivity index (χ2v) is 5.68. The summed E-state index contributed by atoms with van der Waals surface area (Å²) in [5.41, 5.74) is 0. The molecule has 1 aliphatic heterocycles. The summed E-state index contributed by atoms with van der Waals surface area (Å²) in [4.78, 5) is 13.2. The van der Waals surface area contributed by atoms with Gasteiger partial charge in [-0.25, -0.2) is 0 Å². The molecular formula is C12H20N2O2S. The van der Waals surface area contributed by atoms with Crippen molar-refractivity contribution in [3.63, 3.8) is 0 Å². The van der Waals surface area contributed by atoms with Crippen molar-refractivity contribution >= 4 is 17.7 Å². The van der Waals surface area contributed by atoms with Crippen LogP contribution in [-0.2, 0) is 4.79 Å². The first-order chi connectivity index (χ1) is 8.08. The number of piperidine rings is 1. The van der Waals surface area contributed by atoms with Crippen LogP contribution < -0.4 is 0 Å². The molecule has 0 aromatic heterocycles. The maximum atomic E-state index is 11.2. The van der Waals surface area contributed by atoms with Crippen molar-refractivity contribution in [2.24, 2.45) is 0 Å². The van der Waals surface area contributed by atoms with Gasteiger partial charge in [0.25, 0.3) is 0 Å². The van der Waals surface area contributed by atoms with E-state index in [-0.39, 0.29) is 10.8 Å². The highest BCUT2D eigenvalue weighted by Gasteiger charge is 2.37. The van der Waals surface area contributed by atoms with Gasteiger partial charge < -0.3 is 5.11 Å². The molecule has 4 nitrogen and oxygen atoms in total. The van der Waals surface area contributed by atoms with Crippen LogP contribution >= 0.6 is 11.8 Å². The van der Waals surface area contributed by atoms with Crippen molar-refractivity contribution < 1.29 is 9.90 Å². The van der Waals surface area contributed by atoms with Crippen LogP contribution in [0.4, 0.5) is 0 Å². The highest BCUT2D eigenvalue weighted by molar-refractivity contribution is 8.00. The number of hydrogen-bond acceptors (Lipinski definition) is 4. The van der Waals surface area contributed by atoms with Gasteiger partial charge in [-0.1, -0.05) is 13.3 Å². The molecule has 0 amide bonds. The van der Waals surface area contributed by atoms with Crippen LogP contribution in [0.3, 0.4) is 0 Å². The Kier molecular flexibility index (Phi) is 5.29. The first kappa shape index (κ1) is 14.3. The lowest BCUT2D eigenvalue weighted by molar-refractivity contribution is -0.144. The van der Waals surface area contributed by atoms with Gasteiger partial charge >= 0.3 is 5.97 Å². The van der Waals surface area contributed by atoms with Crippen molar-refractivity contribution in [1.29, 1.82) is 5.26 Å². The van der Waals surface area contributed by atoms with E-state index in [0.717, 1.165) is 19.3 Å². The predicted octanol–water partition coefficient (Wildman–Crippen LogP) is 1.96. The summed E-state index contributed by atoms with van der Waals surface area (Å²) in [6.07, 6.45) is 5.05. The van der Waals surface area contributed by atoms with Crippen LogP contribution in [0.1, 0.15) is 32.6 Å². The number of carbonyl (C=O) groups is 1. The van der Waals surface area contributed by atoms with E-state index < -0.39 is 5.97 Å². The first-order valence-electron chi connectivity index (χ1n) is 6.02. The highest BCUT2D eigenvalue weighted by Crippen LogP contribution is 2.34. The molecule has 1 rings (SSSR count). The van der Waals surface area contributed by atoms with Crippen molar-refractivity contribution in [3.05, 3.63) is 0 Å². The number of aliphatic carboxylic acids is 1. The topological polar surface area (TPSA) is 64.3 Å². The summed E-state index contributed by atoms with van der Waals surface area (Å²) in [6, 6.07) is 2.00. The number of carboxylic acid groups (broad SMARTS) is 1. The van der Waals surface area contributed by atoms with Crippen LogP contribution in [0, 0.1) is 11.3 Å². The van der Waals surface area contributed by atoms with E-state index in [4.69, 9.17) is 0 Å². The van der Waals surface area contributed by atoms with Gasteiger partial charge in [0.05, 0.1) is 6.07 Å². The zero-order valence-corrected chi connectivity index (χ0v) is 11.3. The maximum absolute atomic E-state index is 11.2.